The molecule has 0 bridgehead atoms. The zero-order valence-corrected chi connectivity index (χ0v) is 26.2. The maximum Gasteiger partial charge on any atom is 0.164 e. The summed E-state index contributed by atoms with van der Waals surface area (Å²) in [5.41, 5.74) is 12.2. The zero-order valence-electron chi connectivity index (χ0n) is 26.2. The van der Waals surface area contributed by atoms with Crippen molar-refractivity contribution in [1.82, 2.24) is 15.0 Å². The smallest absolute Gasteiger partial charge is 0.164 e. The summed E-state index contributed by atoms with van der Waals surface area (Å²) < 4.78 is 0. The second kappa shape index (κ2) is 13.1. The van der Waals surface area contributed by atoms with Crippen LogP contribution in [-0.4, -0.2) is 15.0 Å². The van der Waals surface area contributed by atoms with E-state index >= 15 is 0 Å². The molecule has 0 saturated carbocycles. The summed E-state index contributed by atoms with van der Waals surface area (Å²) in [5.74, 6) is 1.93. The number of aromatic nitrogens is 3. The SMILES string of the molecule is c1ccc(-c2cccc(-c3nc(-c4ccccc4)nc(-c4ccc(-c5ccccc5-c5ccccc5-c5ccccc5)cc4)n3)c2)cc1. The van der Waals surface area contributed by atoms with Gasteiger partial charge in [-0.2, -0.15) is 0 Å². The second-order valence-electron chi connectivity index (χ2n) is 11.7. The Labute approximate surface area is 280 Å². The Bertz CT molecular complexity index is 2310. The highest BCUT2D eigenvalue weighted by Crippen LogP contribution is 2.38. The van der Waals surface area contributed by atoms with Crippen LogP contribution in [-0.2, 0) is 0 Å². The van der Waals surface area contributed by atoms with Gasteiger partial charge in [0.1, 0.15) is 0 Å². The van der Waals surface area contributed by atoms with Crippen LogP contribution in [0.4, 0.5) is 0 Å². The molecule has 48 heavy (non-hydrogen) atoms. The monoisotopic (exact) mass is 613 g/mol. The van der Waals surface area contributed by atoms with Crippen LogP contribution >= 0.6 is 0 Å². The van der Waals surface area contributed by atoms with Gasteiger partial charge in [-0.05, 0) is 50.6 Å². The lowest BCUT2D eigenvalue weighted by atomic mass is 9.89. The average molecular weight is 614 g/mol. The van der Waals surface area contributed by atoms with E-state index in [0.29, 0.717) is 17.5 Å². The summed E-state index contributed by atoms with van der Waals surface area (Å²) in [6.45, 7) is 0. The molecule has 8 rings (SSSR count). The Morgan fingerprint density at radius 2 is 0.542 bits per heavy atom. The minimum absolute atomic E-state index is 0.637. The molecule has 0 aliphatic rings. The number of hydrogen-bond acceptors (Lipinski definition) is 3. The summed E-state index contributed by atoms with van der Waals surface area (Å²) in [6, 6.07) is 65.3. The van der Waals surface area contributed by atoms with E-state index in [-0.39, 0.29) is 0 Å². The van der Waals surface area contributed by atoms with Gasteiger partial charge in [0.25, 0.3) is 0 Å². The van der Waals surface area contributed by atoms with Crippen molar-refractivity contribution in [1.29, 1.82) is 0 Å². The quantitative estimate of drug-likeness (QED) is 0.179. The van der Waals surface area contributed by atoms with Crippen LogP contribution in [0.1, 0.15) is 0 Å². The second-order valence-corrected chi connectivity index (χ2v) is 11.7. The number of benzene rings is 7. The summed E-state index contributed by atoms with van der Waals surface area (Å²) in [4.78, 5) is 15.0. The Hall–Kier alpha value is -6.45. The third kappa shape index (κ3) is 5.93. The van der Waals surface area contributed by atoms with Crippen molar-refractivity contribution in [3.8, 4) is 78.7 Å². The summed E-state index contributed by atoms with van der Waals surface area (Å²) >= 11 is 0. The maximum atomic E-state index is 5.02. The molecule has 8 aromatic rings. The number of nitrogens with zero attached hydrogens (tertiary/aromatic N) is 3. The van der Waals surface area contributed by atoms with Crippen LogP contribution in [0.5, 0.6) is 0 Å². The molecule has 1 heterocycles. The van der Waals surface area contributed by atoms with Crippen molar-refractivity contribution in [2.24, 2.45) is 0 Å². The molecule has 0 saturated heterocycles. The molecule has 0 aliphatic carbocycles. The van der Waals surface area contributed by atoms with Gasteiger partial charge in [0.15, 0.2) is 17.5 Å². The van der Waals surface area contributed by atoms with Crippen LogP contribution in [0.2, 0.25) is 0 Å². The van der Waals surface area contributed by atoms with E-state index in [0.717, 1.165) is 33.4 Å². The summed E-state index contributed by atoms with van der Waals surface area (Å²) in [7, 11) is 0. The lowest BCUT2D eigenvalue weighted by Crippen LogP contribution is -2.00. The molecule has 3 nitrogen and oxygen atoms in total. The first-order valence-corrected chi connectivity index (χ1v) is 16.1. The summed E-state index contributed by atoms with van der Waals surface area (Å²) in [6.07, 6.45) is 0. The van der Waals surface area contributed by atoms with Crippen LogP contribution in [0.25, 0.3) is 78.7 Å². The minimum atomic E-state index is 0.637. The van der Waals surface area contributed by atoms with Crippen LogP contribution < -0.4 is 0 Å². The fourth-order valence-corrected chi connectivity index (χ4v) is 6.17. The Kier molecular flexibility index (Phi) is 7.92. The zero-order chi connectivity index (χ0) is 32.1. The molecule has 7 aromatic carbocycles. The molecule has 0 aliphatic heterocycles. The molecule has 0 radical (unpaired) electrons. The van der Waals surface area contributed by atoms with Crippen LogP contribution in [0.15, 0.2) is 188 Å². The Morgan fingerprint density at radius 3 is 1.08 bits per heavy atom. The average Bonchev–Trinajstić information content (AvgIpc) is 3.19. The fourth-order valence-electron chi connectivity index (χ4n) is 6.17. The topological polar surface area (TPSA) is 38.7 Å². The molecule has 0 unspecified atom stereocenters. The minimum Gasteiger partial charge on any atom is -0.208 e. The van der Waals surface area contributed by atoms with Gasteiger partial charge >= 0.3 is 0 Å². The van der Waals surface area contributed by atoms with E-state index in [2.05, 4.69) is 152 Å². The maximum absolute atomic E-state index is 5.02. The third-order valence-corrected chi connectivity index (χ3v) is 8.58. The van der Waals surface area contributed by atoms with Gasteiger partial charge in [0, 0.05) is 16.7 Å². The summed E-state index contributed by atoms with van der Waals surface area (Å²) in [5, 5.41) is 0. The molecule has 226 valence electrons. The standard InChI is InChI=1S/C45H31N3/c1-4-15-32(16-5-1)37-21-14-22-38(31-37)45-47-43(35-19-8-3-9-20-35)46-44(48-45)36-29-27-34(28-30-36)40-24-11-13-26-42(40)41-25-12-10-23-39(41)33-17-6-2-7-18-33/h1-31H. The first-order chi connectivity index (χ1) is 23.8. The highest BCUT2D eigenvalue weighted by atomic mass is 15.0. The van der Waals surface area contributed by atoms with Gasteiger partial charge in [-0.25, -0.2) is 15.0 Å². The van der Waals surface area contributed by atoms with Crippen LogP contribution in [0, 0.1) is 0 Å². The molecule has 1 aromatic heterocycles. The molecular weight excluding hydrogens is 583 g/mol. The number of rotatable bonds is 7. The van der Waals surface area contributed by atoms with E-state index < -0.39 is 0 Å². The third-order valence-electron chi connectivity index (χ3n) is 8.58. The highest BCUT2D eigenvalue weighted by molar-refractivity contribution is 5.91. The molecule has 3 heteroatoms. The lowest BCUT2D eigenvalue weighted by Gasteiger charge is -2.15. The van der Waals surface area contributed by atoms with E-state index in [4.69, 9.17) is 15.0 Å². The Morgan fingerprint density at radius 1 is 0.208 bits per heavy atom. The Balaban J connectivity index is 1.20. The largest absolute Gasteiger partial charge is 0.208 e. The van der Waals surface area contributed by atoms with Crippen LogP contribution in [0.3, 0.4) is 0 Å². The van der Waals surface area contributed by atoms with Gasteiger partial charge in [0.05, 0.1) is 0 Å². The first-order valence-electron chi connectivity index (χ1n) is 16.1. The van der Waals surface area contributed by atoms with Crippen molar-refractivity contribution < 1.29 is 0 Å². The molecule has 0 atom stereocenters. The first kappa shape index (κ1) is 29.0. The van der Waals surface area contributed by atoms with Gasteiger partial charge in [-0.3, -0.25) is 0 Å². The predicted octanol–water partition coefficient (Wildman–Crippen LogP) is 11.5. The predicted molar refractivity (Wildman–Crippen MR) is 198 cm³/mol. The van der Waals surface area contributed by atoms with Gasteiger partial charge in [-0.1, -0.05) is 182 Å². The van der Waals surface area contributed by atoms with Crippen molar-refractivity contribution in [2.75, 3.05) is 0 Å². The van der Waals surface area contributed by atoms with Gasteiger partial charge in [0.2, 0.25) is 0 Å². The van der Waals surface area contributed by atoms with Crippen molar-refractivity contribution in [3.63, 3.8) is 0 Å². The van der Waals surface area contributed by atoms with Crippen molar-refractivity contribution in [2.45, 2.75) is 0 Å². The molecule has 0 fully saturated rings. The fraction of sp³-hybridized carbons (Fsp3) is 0. The van der Waals surface area contributed by atoms with E-state index in [9.17, 15) is 0 Å². The molecule has 0 spiro atoms. The van der Waals surface area contributed by atoms with E-state index in [1.54, 1.807) is 0 Å². The van der Waals surface area contributed by atoms with Gasteiger partial charge < -0.3 is 0 Å². The molecule has 0 amide bonds. The van der Waals surface area contributed by atoms with E-state index in [1.807, 2.05) is 36.4 Å². The van der Waals surface area contributed by atoms with Crippen molar-refractivity contribution >= 4 is 0 Å². The lowest BCUT2D eigenvalue weighted by molar-refractivity contribution is 1.07. The molecular formula is C45H31N3. The normalized spacial score (nSPS) is 10.9. The number of hydrogen-bond donors (Lipinski definition) is 0. The van der Waals surface area contributed by atoms with E-state index in [1.165, 1.54) is 27.8 Å². The van der Waals surface area contributed by atoms with Crippen molar-refractivity contribution in [3.05, 3.63) is 188 Å². The molecule has 0 N–H and O–H groups in total. The highest BCUT2D eigenvalue weighted by Gasteiger charge is 2.15. The van der Waals surface area contributed by atoms with Gasteiger partial charge in [-0.15, -0.1) is 0 Å².